The molecule has 4 rings (SSSR count). The number of pyridine rings is 1. The molecule has 23 heavy (non-hydrogen) atoms. The van der Waals surface area contributed by atoms with Crippen LogP contribution in [0.4, 0.5) is 0 Å². The number of fused-ring (bicyclic) bond motifs is 3. The molecule has 0 bridgehead atoms. The molecule has 1 aliphatic carbocycles. The van der Waals surface area contributed by atoms with Crippen molar-refractivity contribution in [1.29, 1.82) is 0 Å². The Balaban J connectivity index is 1.88. The van der Waals surface area contributed by atoms with E-state index in [1.807, 2.05) is 12.3 Å². The van der Waals surface area contributed by atoms with Gasteiger partial charge in [0.15, 0.2) is 0 Å². The van der Waals surface area contributed by atoms with Gasteiger partial charge in [-0.1, -0.05) is 0 Å². The number of imidazole rings is 1. The highest BCUT2D eigenvalue weighted by Crippen LogP contribution is 2.36. The third-order valence-corrected chi connectivity index (χ3v) is 4.98. The number of methoxy groups -OCH3 is 1. The molecule has 122 valence electrons. The fourth-order valence-corrected chi connectivity index (χ4v) is 3.81. The van der Waals surface area contributed by atoms with Crippen molar-refractivity contribution in [1.82, 2.24) is 19.5 Å². The van der Waals surface area contributed by atoms with E-state index in [1.54, 1.807) is 20.2 Å². The lowest BCUT2D eigenvalue weighted by atomic mass is 9.92. The predicted molar refractivity (Wildman–Crippen MR) is 88.3 cm³/mol. The monoisotopic (exact) mass is 314 g/mol. The topological polar surface area (TPSA) is 76.0 Å². The molecule has 1 saturated carbocycles. The Morgan fingerprint density at radius 2 is 2.13 bits per heavy atom. The first-order valence-corrected chi connectivity index (χ1v) is 8.23. The maximum absolute atomic E-state index is 10.2. The van der Waals surface area contributed by atoms with Gasteiger partial charge in [-0.05, 0) is 38.7 Å². The van der Waals surface area contributed by atoms with Crippen LogP contribution in [-0.4, -0.2) is 37.8 Å². The quantitative estimate of drug-likeness (QED) is 0.779. The summed E-state index contributed by atoms with van der Waals surface area (Å²) >= 11 is 0. The molecule has 3 aromatic heterocycles. The predicted octanol–water partition coefficient (Wildman–Crippen LogP) is 3.10. The third kappa shape index (κ3) is 2.33. The van der Waals surface area contributed by atoms with Crippen molar-refractivity contribution >= 4 is 22.1 Å². The number of aliphatic hydroxyl groups excluding tert-OH is 1. The summed E-state index contributed by atoms with van der Waals surface area (Å²) < 4.78 is 7.73. The van der Waals surface area contributed by atoms with Gasteiger partial charge in [0.1, 0.15) is 23.1 Å². The zero-order valence-electron chi connectivity index (χ0n) is 13.5. The molecular weight excluding hydrogens is 292 g/mol. The molecule has 1 atom stereocenters. The van der Waals surface area contributed by atoms with E-state index in [1.165, 1.54) is 0 Å². The van der Waals surface area contributed by atoms with Crippen molar-refractivity contribution in [3.05, 3.63) is 24.3 Å². The first kappa shape index (κ1) is 14.7. The zero-order valence-corrected chi connectivity index (χ0v) is 13.5. The van der Waals surface area contributed by atoms with E-state index in [9.17, 15) is 5.11 Å². The van der Waals surface area contributed by atoms with Gasteiger partial charge < -0.3 is 19.4 Å². The average Bonchev–Trinajstić information content (AvgIpc) is 3.18. The van der Waals surface area contributed by atoms with Gasteiger partial charge in [-0.15, -0.1) is 0 Å². The van der Waals surface area contributed by atoms with Crippen molar-refractivity contribution in [2.75, 3.05) is 7.11 Å². The van der Waals surface area contributed by atoms with Crippen LogP contribution in [0.5, 0.6) is 0 Å². The molecule has 0 amide bonds. The van der Waals surface area contributed by atoms with Crippen molar-refractivity contribution in [2.45, 2.75) is 50.9 Å². The van der Waals surface area contributed by atoms with Crippen LogP contribution in [0, 0.1) is 0 Å². The largest absolute Gasteiger partial charge is 0.385 e. The minimum Gasteiger partial charge on any atom is -0.385 e. The average molecular weight is 314 g/mol. The molecule has 1 aliphatic rings. The summed E-state index contributed by atoms with van der Waals surface area (Å²) in [5, 5.41) is 11.3. The first-order chi connectivity index (χ1) is 11.2. The molecule has 6 nitrogen and oxygen atoms in total. The third-order valence-electron chi connectivity index (χ3n) is 4.98. The Kier molecular flexibility index (Phi) is 3.58. The van der Waals surface area contributed by atoms with E-state index in [0.717, 1.165) is 53.6 Å². The molecule has 1 fully saturated rings. The van der Waals surface area contributed by atoms with Crippen LogP contribution in [0.25, 0.3) is 22.1 Å². The molecule has 0 aliphatic heterocycles. The van der Waals surface area contributed by atoms with Crippen molar-refractivity contribution in [2.24, 2.45) is 0 Å². The van der Waals surface area contributed by atoms with Gasteiger partial charge in [0, 0.05) is 24.7 Å². The molecule has 3 heterocycles. The lowest BCUT2D eigenvalue weighted by Crippen LogP contribution is -2.24. The Labute approximate surface area is 134 Å². The maximum Gasteiger partial charge on any atom is 0.139 e. The van der Waals surface area contributed by atoms with Crippen LogP contribution in [0.15, 0.2) is 18.5 Å². The maximum atomic E-state index is 10.2. The van der Waals surface area contributed by atoms with Crippen LogP contribution in [0.1, 0.15) is 50.6 Å². The first-order valence-electron chi connectivity index (χ1n) is 8.23. The number of nitrogens with one attached hydrogen (secondary N) is 1. The number of ether oxygens (including phenoxy) is 1. The van der Waals surface area contributed by atoms with Gasteiger partial charge in [-0.3, -0.25) is 0 Å². The van der Waals surface area contributed by atoms with E-state index < -0.39 is 6.10 Å². The van der Waals surface area contributed by atoms with Crippen LogP contribution < -0.4 is 0 Å². The fourth-order valence-electron chi connectivity index (χ4n) is 3.81. The minimum atomic E-state index is -0.600. The molecule has 6 heteroatoms. The Bertz CT molecular complexity index is 828. The van der Waals surface area contributed by atoms with Gasteiger partial charge in [-0.2, -0.15) is 0 Å². The van der Waals surface area contributed by atoms with Crippen molar-refractivity contribution in [3.63, 3.8) is 0 Å². The fraction of sp³-hybridized carbons (Fsp3) is 0.529. The van der Waals surface area contributed by atoms with Gasteiger partial charge in [-0.25, -0.2) is 9.97 Å². The standard InChI is InChI=1S/C17H22N4O2/c1-10(22)17-20-14-9-19-16-13(7-8-18-16)15(14)21(17)11-3-5-12(23-2)6-4-11/h7-12,22H,3-6H2,1-2H3,(H,18,19)/t10-,11?,12?/m1/s1. The van der Waals surface area contributed by atoms with Crippen LogP contribution in [0.3, 0.4) is 0 Å². The Hall–Kier alpha value is -1.92. The molecule has 0 radical (unpaired) electrons. The summed E-state index contributed by atoms with van der Waals surface area (Å²) in [5.74, 6) is 0.733. The van der Waals surface area contributed by atoms with Crippen molar-refractivity contribution in [3.8, 4) is 0 Å². The molecule has 0 saturated heterocycles. The number of aromatic nitrogens is 4. The Morgan fingerprint density at radius 1 is 1.35 bits per heavy atom. The summed E-state index contributed by atoms with van der Waals surface area (Å²) in [6.07, 6.45) is 7.61. The summed E-state index contributed by atoms with van der Waals surface area (Å²) in [6.45, 7) is 1.78. The van der Waals surface area contributed by atoms with Crippen LogP contribution in [0.2, 0.25) is 0 Å². The van der Waals surface area contributed by atoms with Gasteiger partial charge in [0.2, 0.25) is 0 Å². The summed E-state index contributed by atoms with van der Waals surface area (Å²) in [6, 6.07) is 2.38. The highest BCUT2D eigenvalue weighted by Gasteiger charge is 2.27. The van der Waals surface area contributed by atoms with E-state index >= 15 is 0 Å². The zero-order chi connectivity index (χ0) is 16.0. The second kappa shape index (κ2) is 5.62. The number of aromatic amines is 1. The Morgan fingerprint density at radius 3 is 2.83 bits per heavy atom. The van der Waals surface area contributed by atoms with E-state index in [0.29, 0.717) is 12.1 Å². The molecular formula is C17H22N4O2. The summed E-state index contributed by atoms with van der Waals surface area (Å²) in [5.41, 5.74) is 2.79. The van der Waals surface area contributed by atoms with Gasteiger partial charge >= 0.3 is 0 Å². The van der Waals surface area contributed by atoms with Crippen LogP contribution in [-0.2, 0) is 4.74 Å². The summed E-state index contributed by atoms with van der Waals surface area (Å²) in [4.78, 5) is 12.2. The normalized spacial score (nSPS) is 23.6. The van der Waals surface area contributed by atoms with E-state index in [2.05, 4.69) is 19.5 Å². The SMILES string of the molecule is COC1CCC(n2c([C@@H](C)O)nc3cnc4[nH]ccc4c32)CC1. The molecule has 0 unspecified atom stereocenters. The molecule has 2 N–H and O–H groups in total. The number of nitrogens with zero attached hydrogens (tertiary/aromatic N) is 3. The molecule has 3 aromatic rings. The van der Waals surface area contributed by atoms with Gasteiger partial charge in [0.25, 0.3) is 0 Å². The highest BCUT2D eigenvalue weighted by atomic mass is 16.5. The van der Waals surface area contributed by atoms with Crippen molar-refractivity contribution < 1.29 is 9.84 Å². The lowest BCUT2D eigenvalue weighted by Gasteiger charge is -2.30. The second-order valence-electron chi connectivity index (χ2n) is 6.41. The number of hydrogen-bond donors (Lipinski definition) is 2. The lowest BCUT2D eigenvalue weighted by molar-refractivity contribution is 0.0574. The summed E-state index contributed by atoms with van der Waals surface area (Å²) in [7, 11) is 1.79. The molecule has 0 aromatic carbocycles. The number of aliphatic hydroxyl groups is 1. The van der Waals surface area contributed by atoms with E-state index in [-0.39, 0.29) is 0 Å². The molecule has 0 spiro atoms. The van der Waals surface area contributed by atoms with Gasteiger partial charge in [0.05, 0.1) is 17.8 Å². The van der Waals surface area contributed by atoms with E-state index in [4.69, 9.17) is 4.74 Å². The minimum absolute atomic E-state index is 0.344. The second-order valence-corrected chi connectivity index (χ2v) is 6.41. The number of rotatable bonds is 3. The number of hydrogen-bond acceptors (Lipinski definition) is 4. The highest BCUT2D eigenvalue weighted by molar-refractivity contribution is 6.01. The number of H-pyrrole nitrogens is 1. The van der Waals surface area contributed by atoms with Crippen LogP contribution >= 0.6 is 0 Å². The smallest absolute Gasteiger partial charge is 0.139 e.